The first-order valence-electron chi connectivity index (χ1n) is 7.46. The molecule has 0 N–H and O–H groups in total. The van der Waals surface area contributed by atoms with Crippen molar-refractivity contribution in [1.82, 2.24) is 9.55 Å². The standard InChI is InChI=1S/C18H14Cl2N2O2/c1-2-11-3-5-12(6-4-11)16(23)9-22-10-21-17-14(18(22)24)7-13(19)8-15(17)20/h3-8,10H,2,9H2,1H3. The van der Waals surface area contributed by atoms with Crippen LogP contribution in [0.25, 0.3) is 10.9 Å². The molecule has 0 aliphatic carbocycles. The molecule has 122 valence electrons. The molecular weight excluding hydrogens is 347 g/mol. The molecule has 0 unspecified atom stereocenters. The molecule has 6 heteroatoms. The van der Waals surface area contributed by atoms with Gasteiger partial charge < -0.3 is 0 Å². The summed E-state index contributed by atoms with van der Waals surface area (Å²) >= 11 is 12.0. The fourth-order valence-corrected chi connectivity index (χ4v) is 3.02. The molecule has 1 heterocycles. The van der Waals surface area contributed by atoms with Gasteiger partial charge in [0, 0.05) is 10.6 Å². The van der Waals surface area contributed by atoms with Crippen LogP contribution in [0.5, 0.6) is 0 Å². The molecule has 2 aromatic carbocycles. The number of hydrogen-bond acceptors (Lipinski definition) is 3. The Labute approximate surface area is 148 Å². The third kappa shape index (κ3) is 3.21. The number of aromatic nitrogens is 2. The van der Waals surface area contributed by atoms with Crippen LogP contribution in [0.2, 0.25) is 10.0 Å². The van der Waals surface area contributed by atoms with Gasteiger partial charge in [0.2, 0.25) is 0 Å². The van der Waals surface area contributed by atoms with Crippen LogP contribution in [0.15, 0.2) is 47.5 Å². The largest absolute Gasteiger partial charge is 0.292 e. The summed E-state index contributed by atoms with van der Waals surface area (Å²) in [7, 11) is 0. The van der Waals surface area contributed by atoms with E-state index in [1.807, 2.05) is 19.1 Å². The first-order valence-corrected chi connectivity index (χ1v) is 8.21. The van der Waals surface area contributed by atoms with Crippen LogP contribution < -0.4 is 5.56 Å². The lowest BCUT2D eigenvalue weighted by atomic mass is 10.1. The normalized spacial score (nSPS) is 11.0. The second-order valence-corrected chi connectivity index (χ2v) is 6.28. The Morgan fingerprint density at radius 1 is 1.17 bits per heavy atom. The summed E-state index contributed by atoms with van der Waals surface area (Å²) in [6.45, 7) is 1.96. The van der Waals surface area contributed by atoms with E-state index in [0.717, 1.165) is 12.0 Å². The van der Waals surface area contributed by atoms with Crippen molar-refractivity contribution in [3.63, 3.8) is 0 Å². The zero-order chi connectivity index (χ0) is 17.3. The molecule has 0 saturated carbocycles. The van der Waals surface area contributed by atoms with Crippen molar-refractivity contribution in [1.29, 1.82) is 0 Å². The fourth-order valence-electron chi connectivity index (χ4n) is 2.48. The highest BCUT2D eigenvalue weighted by Crippen LogP contribution is 2.24. The van der Waals surface area contributed by atoms with E-state index in [9.17, 15) is 9.59 Å². The predicted octanol–water partition coefficient (Wildman–Crippen LogP) is 4.15. The van der Waals surface area contributed by atoms with Gasteiger partial charge in [0.1, 0.15) is 0 Å². The highest BCUT2D eigenvalue weighted by Gasteiger charge is 2.12. The number of Topliss-reactive ketones (excluding diaryl/α,β-unsaturated/α-hetero) is 1. The number of ketones is 1. The summed E-state index contributed by atoms with van der Waals surface area (Å²) in [5.41, 5.74) is 1.74. The van der Waals surface area contributed by atoms with Gasteiger partial charge in [0.25, 0.3) is 5.56 Å². The van der Waals surface area contributed by atoms with Gasteiger partial charge in [-0.3, -0.25) is 14.2 Å². The lowest BCUT2D eigenvalue weighted by molar-refractivity contribution is 0.0970. The minimum atomic E-state index is -0.345. The summed E-state index contributed by atoms with van der Waals surface area (Å²) in [5.74, 6) is -0.158. The van der Waals surface area contributed by atoms with Crippen molar-refractivity contribution in [2.45, 2.75) is 19.9 Å². The van der Waals surface area contributed by atoms with Gasteiger partial charge in [-0.05, 0) is 24.1 Å². The van der Waals surface area contributed by atoms with E-state index in [2.05, 4.69) is 4.98 Å². The number of carbonyl (C=O) groups excluding carboxylic acids is 1. The van der Waals surface area contributed by atoms with Gasteiger partial charge in [-0.2, -0.15) is 0 Å². The van der Waals surface area contributed by atoms with E-state index in [4.69, 9.17) is 23.2 Å². The molecule has 0 bridgehead atoms. The number of fused-ring (bicyclic) bond motifs is 1. The molecule has 0 fully saturated rings. The molecule has 0 atom stereocenters. The van der Waals surface area contributed by atoms with E-state index >= 15 is 0 Å². The maximum Gasteiger partial charge on any atom is 0.261 e. The van der Waals surface area contributed by atoms with Crippen LogP contribution in [0.4, 0.5) is 0 Å². The van der Waals surface area contributed by atoms with E-state index in [1.54, 1.807) is 12.1 Å². The number of hydrogen-bond donors (Lipinski definition) is 0. The third-order valence-corrected chi connectivity index (χ3v) is 4.35. The number of nitrogens with zero attached hydrogens (tertiary/aromatic N) is 2. The average molecular weight is 361 g/mol. The molecule has 3 rings (SSSR count). The summed E-state index contributed by atoms with van der Waals surface area (Å²) in [6.07, 6.45) is 2.24. The number of benzene rings is 2. The van der Waals surface area contributed by atoms with Crippen molar-refractivity contribution >= 4 is 39.9 Å². The number of halogens is 2. The first kappa shape index (κ1) is 16.7. The Balaban J connectivity index is 1.96. The fraction of sp³-hybridized carbons (Fsp3) is 0.167. The van der Waals surface area contributed by atoms with Crippen molar-refractivity contribution in [2.24, 2.45) is 0 Å². The Morgan fingerprint density at radius 2 is 1.88 bits per heavy atom. The van der Waals surface area contributed by atoms with Crippen LogP contribution in [0.3, 0.4) is 0 Å². The molecule has 3 aromatic rings. The van der Waals surface area contributed by atoms with Gasteiger partial charge in [-0.15, -0.1) is 0 Å². The molecule has 0 spiro atoms. The van der Waals surface area contributed by atoms with Crippen molar-refractivity contribution in [2.75, 3.05) is 0 Å². The van der Waals surface area contributed by atoms with Gasteiger partial charge in [-0.1, -0.05) is 54.4 Å². The lowest BCUT2D eigenvalue weighted by Crippen LogP contribution is -2.24. The minimum Gasteiger partial charge on any atom is -0.292 e. The molecule has 0 aliphatic rings. The Kier molecular flexibility index (Phi) is 4.69. The minimum absolute atomic E-state index is 0.0859. The third-order valence-electron chi connectivity index (χ3n) is 3.84. The topological polar surface area (TPSA) is 52.0 Å². The highest BCUT2D eigenvalue weighted by atomic mass is 35.5. The molecule has 0 aliphatic heterocycles. The van der Waals surface area contributed by atoms with Crippen LogP contribution in [0.1, 0.15) is 22.8 Å². The molecule has 24 heavy (non-hydrogen) atoms. The second kappa shape index (κ2) is 6.75. The highest BCUT2D eigenvalue weighted by molar-refractivity contribution is 6.38. The summed E-state index contributed by atoms with van der Waals surface area (Å²) in [4.78, 5) is 29.1. The Hall–Kier alpha value is -2.17. The number of aryl methyl sites for hydroxylation is 1. The molecular formula is C18H14Cl2N2O2. The zero-order valence-electron chi connectivity index (χ0n) is 12.9. The molecule has 0 saturated heterocycles. The quantitative estimate of drug-likeness (QED) is 0.656. The van der Waals surface area contributed by atoms with E-state index in [-0.39, 0.29) is 17.9 Å². The van der Waals surface area contributed by atoms with Crippen molar-refractivity contribution in [3.05, 3.63) is 74.3 Å². The summed E-state index contributed by atoms with van der Waals surface area (Å²) in [5, 5.41) is 0.956. The Bertz CT molecular complexity index is 979. The lowest BCUT2D eigenvalue weighted by Gasteiger charge is -2.08. The van der Waals surface area contributed by atoms with Gasteiger partial charge in [-0.25, -0.2) is 4.98 Å². The smallest absolute Gasteiger partial charge is 0.261 e. The Morgan fingerprint density at radius 3 is 2.54 bits per heavy atom. The summed E-state index contributed by atoms with van der Waals surface area (Å²) in [6, 6.07) is 10.4. The second-order valence-electron chi connectivity index (χ2n) is 5.44. The van der Waals surface area contributed by atoms with Crippen LogP contribution in [0, 0.1) is 0 Å². The predicted molar refractivity (Wildman–Crippen MR) is 96.2 cm³/mol. The number of carbonyl (C=O) groups is 1. The molecule has 0 radical (unpaired) electrons. The molecule has 1 aromatic heterocycles. The van der Waals surface area contributed by atoms with E-state index < -0.39 is 0 Å². The first-order chi connectivity index (χ1) is 11.5. The van der Waals surface area contributed by atoms with Crippen LogP contribution >= 0.6 is 23.2 Å². The molecule has 4 nitrogen and oxygen atoms in total. The summed E-state index contributed by atoms with van der Waals surface area (Å²) < 4.78 is 1.27. The van der Waals surface area contributed by atoms with Gasteiger partial charge in [0.05, 0.1) is 28.8 Å². The van der Waals surface area contributed by atoms with Crippen molar-refractivity contribution in [3.8, 4) is 0 Å². The van der Waals surface area contributed by atoms with Crippen molar-refractivity contribution < 1.29 is 4.79 Å². The van der Waals surface area contributed by atoms with Gasteiger partial charge in [0.15, 0.2) is 5.78 Å². The maximum absolute atomic E-state index is 12.6. The SMILES string of the molecule is CCc1ccc(C(=O)Cn2cnc3c(Cl)cc(Cl)cc3c2=O)cc1. The maximum atomic E-state index is 12.6. The van der Waals surface area contributed by atoms with E-state index in [0.29, 0.717) is 26.5 Å². The molecule has 0 amide bonds. The zero-order valence-corrected chi connectivity index (χ0v) is 14.4. The van der Waals surface area contributed by atoms with Gasteiger partial charge >= 0.3 is 0 Å². The average Bonchev–Trinajstić information content (AvgIpc) is 2.57. The number of rotatable bonds is 4. The van der Waals surface area contributed by atoms with Crippen LogP contribution in [-0.4, -0.2) is 15.3 Å². The van der Waals surface area contributed by atoms with E-state index in [1.165, 1.54) is 23.0 Å². The monoisotopic (exact) mass is 360 g/mol. The van der Waals surface area contributed by atoms with Crippen LogP contribution in [-0.2, 0) is 13.0 Å².